The summed E-state index contributed by atoms with van der Waals surface area (Å²) in [6.45, 7) is 0. The predicted octanol–water partition coefficient (Wildman–Crippen LogP) is 3.41. The fourth-order valence-electron chi connectivity index (χ4n) is 4.04. The van der Waals surface area contributed by atoms with Crippen LogP contribution in [0.5, 0.6) is 0 Å². The second-order valence-electron chi connectivity index (χ2n) is 9.06. The van der Waals surface area contributed by atoms with Crippen molar-refractivity contribution in [3.8, 4) is 17.2 Å². The van der Waals surface area contributed by atoms with Crippen LogP contribution in [0.2, 0.25) is 0 Å². The predicted molar refractivity (Wildman–Crippen MR) is 129 cm³/mol. The summed E-state index contributed by atoms with van der Waals surface area (Å²) >= 11 is 0. The Balaban J connectivity index is 1.53. The van der Waals surface area contributed by atoms with Gasteiger partial charge in [0.25, 0.3) is 0 Å². The third-order valence-electron chi connectivity index (χ3n) is 6.27. The molecule has 3 N–H and O–H groups in total. The van der Waals surface area contributed by atoms with Gasteiger partial charge in [-0.15, -0.1) is 0 Å². The van der Waals surface area contributed by atoms with Crippen LogP contribution in [0.1, 0.15) is 36.0 Å². The first-order valence-corrected chi connectivity index (χ1v) is 12.8. The van der Waals surface area contributed by atoms with Crippen LogP contribution >= 0.6 is 0 Å². The van der Waals surface area contributed by atoms with Crippen molar-refractivity contribution in [1.29, 1.82) is 5.26 Å². The Bertz CT molecular complexity index is 1500. The maximum Gasteiger partial charge on any atom is 0.338 e. The van der Waals surface area contributed by atoms with E-state index in [-0.39, 0.29) is 28.8 Å². The minimum absolute atomic E-state index is 0.00617. The van der Waals surface area contributed by atoms with Crippen molar-refractivity contribution >= 4 is 44.4 Å². The number of hydrogen-bond acceptors (Lipinski definition) is 7. The van der Waals surface area contributed by atoms with Crippen LogP contribution in [-0.4, -0.2) is 43.1 Å². The van der Waals surface area contributed by atoms with Gasteiger partial charge in [-0.1, -0.05) is 6.07 Å². The van der Waals surface area contributed by atoms with Crippen LogP contribution in [0.15, 0.2) is 36.5 Å². The number of fused-ring (bicyclic) bond motifs is 1. The number of anilines is 2. The number of benzene rings is 1. The second-order valence-corrected chi connectivity index (χ2v) is 10.8. The largest absolute Gasteiger partial charge is 0.465 e. The summed E-state index contributed by atoms with van der Waals surface area (Å²) in [6, 6.07) is 10.1. The Morgan fingerprint density at radius 3 is 2.66 bits per heavy atom. The van der Waals surface area contributed by atoms with Gasteiger partial charge in [0.15, 0.2) is 0 Å². The molecule has 1 amide bonds. The number of aromatic amines is 1. The van der Waals surface area contributed by atoms with E-state index < -0.39 is 21.4 Å². The molecule has 0 aliphatic heterocycles. The summed E-state index contributed by atoms with van der Waals surface area (Å²) in [4.78, 5) is 32.5. The number of ether oxygens (including phenoxy) is 1. The lowest BCUT2D eigenvalue weighted by Crippen LogP contribution is -2.23. The SMILES string of the molecule is COC(=O)c1cc(NS(=O)(=O)CC2(C#N)CC2)ccc1-c1cc(NC(=O)C2CC2)nc2[nH]ccc12. The van der Waals surface area contributed by atoms with Gasteiger partial charge >= 0.3 is 5.97 Å². The van der Waals surface area contributed by atoms with Crippen molar-refractivity contribution in [2.45, 2.75) is 25.7 Å². The smallest absolute Gasteiger partial charge is 0.338 e. The molecule has 5 rings (SSSR count). The van der Waals surface area contributed by atoms with Gasteiger partial charge in [-0.05, 0) is 61.1 Å². The average Bonchev–Trinajstić information content (AvgIpc) is 3.76. The zero-order valence-corrected chi connectivity index (χ0v) is 19.7. The molecule has 0 radical (unpaired) electrons. The van der Waals surface area contributed by atoms with E-state index >= 15 is 0 Å². The molecule has 0 spiro atoms. The first-order chi connectivity index (χ1) is 16.7. The first-order valence-electron chi connectivity index (χ1n) is 11.2. The van der Waals surface area contributed by atoms with Crippen LogP contribution in [0.3, 0.4) is 0 Å². The van der Waals surface area contributed by atoms with Crippen LogP contribution in [0.4, 0.5) is 11.5 Å². The van der Waals surface area contributed by atoms with E-state index in [1.807, 2.05) is 0 Å². The minimum atomic E-state index is -3.80. The van der Waals surface area contributed by atoms with Gasteiger partial charge in [-0.2, -0.15) is 5.26 Å². The Kier molecular flexibility index (Phi) is 5.48. The molecule has 0 atom stereocenters. The minimum Gasteiger partial charge on any atom is -0.465 e. The van der Waals surface area contributed by atoms with E-state index in [2.05, 4.69) is 26.1 Å². The molecule has 10 nitrogen and oxygen atoms in total. The van der Waals surface area contributed by atoms with Gasteiger partial charge in [-0.25, -0.2) is 18.2 Å². The van der Waals surface area contributed by atoms with Gasteiger partial charge in [0.05, 0.1) is 29.9 Å². The number of carbonyl (C=O) groups is 2. The number of carbonyl (C=O) groups excluding carboxylic acids is 2. The molecule has 2 heterocycles. The highest BCUT2D eigenvalue weighted by molar-refractivity contribution is 7.92. The third kappa shape index (κ3) is 4.70. The first kappa shape index (κ1) is 22.9. The molecule has 11 heteroatoms. The molecule has 180 valence electrons. The van der Waals surface area contributed by atoms with Gasteiger partial charge < -0.3 is 15.0 Å². The van der Waals surface area contributed by atoms with E-state index in [4.69, 9.17) is 4.74 Å². The number of nitrogens with one attached hydrogen (secondary N) is 3. The lowest BCUT2D eigenvalue weighted by molar-refractivity contribution is -0.117. The van der Waals surface area contributed by atoms with Crippen molar-refractivity contribution in [2.75, 3.05) is 22.9 Å². The topological polar surface area (TPSA) is 154 Å². The number of sulfonamides is 1. The lowest BCUT2D eigenvalue weighted by Gasteiger charge is -2.15. The maximum atomic E-state index is 12.7. The van der Waals surface area contributed by atoms with Crippen LogP contribution in [0.25, 0.3) is 22.2 Å². The standard InChI is InChI=1S/C24H23N5O5S/c1-34-23(31)19-10-15(29-35(32,33)13-24(12-25)7-8-24)4-5-16(19)18-11-20(28-22(30)14-2-3-14)27-21-17(18)6-9-26-21/h4-6,9-11,14,29H,2-3,7-8,13H2,1H3,(H2,26,27,28,30). The number of methoxy groups -OCH3 is 1. The molecule has 2 saturated carbocycles. The highest BCUT2D eigenvalue weighted by Gasteiger charge is 2.47. The number of esters is 1. The fraction of sp³-hybridized carbons (Fsp3) is 0.333. The number of nitrogens with zero attached hydrogens (tertiary/aromatic N) is 2. The summed E-state index contributed by atoms with van der Waals surface area (Å²) in [5.41, 5.74) is 1.13. The molecular weight excluding hydrogens is 470 g/mol. The van der Waals surface area contributed by atoms with E-state index in [0.29, 0.717) is 35.4 Å². The Hall–Kier alpha value is -3.91. The Morgan fingerprint density at radius 2 is 2.00 bits per heavy atom. The Morgan fingerprint density at radius 1 is 1.23 bits per heavy atom. The molecule has 0 bridgehead atoms. The summed E-state index contributed by atoms with van der Waals surface area (Å²) in [7, 11) is -2.56. The monoisotopic (exact) mass is 493 g/mol. The lowest BCUT2D eigenvalue weighted by atomic mass is 9.97. The molecule has 35 heavy (non-hydrogen) atoms. The number of pyridine rings is 1. The highest BCUT2D eigenvalue weighted by atomic mass is 32.2. The van der Waals surface area contributed by atoms with Gasteiger partial charge in [0.1, 0.15) is 11.5 Å². The molecule has 3 aromatic rings. The number of aromatic nitrogens is 2. The van der Waals surface area contributed by atoms with Crippen LogP contribution in [0, 0.1) is 22.7 Å². The van der Waals surface area contributed by atoms with E-state index in [9.17, 15) is 23.3 Å². The van der Waals surface area contributed by atoms with Gasteiger partial charge in [0.2, 0.25) is 15.9 Å². The van der Waals surface area contributed by atoms with E-state index in [1.54, 1.807) is 30.5 Å². The second kappa shape index (κ2) is 8.39. The number of nitriles is 1. The van der Waals surface area contributed by atoms with Gasteiger partial charge in [-0.3, -0.25) is 9.52 Å². The third-order valence-corrected chi connectivity index (χ3v) is 7.75. The van der Waals surface area contributed by atoms with Gasteiger partial charge in [0, 0.05) is 23.2 Å². The summed E-state index contributed by atoms with van der Waals surface area (Å²) in [5, 5.41) is 12.8. The number of hydrogen-bond donors (Lipinski definition) is 3. The van der Waals surface area contributed by atoms with Crippen molar-refractivity contribution < 1.29 is 22.7 Å². The molecule has 0 unspecified atom stereocenters. The van der Waals surface area contributed by atoms with Crippen molar-refractivity contribution in [3.05, 3.63) is 42.1 Å². The Labute approximate surface area is 201 Å². The molecule has 2 aliphatic rings. The van der Waals surface area contributed by atoms with Crippen LogP contribution in [-0.2, 0) is 19.6 Å². The molecular formula is C24H23N5O5S. The molecule has 2 aromatic heterocycles. The average molecular weight is 494 g/mol. The molecule has 2 aliphatic carbocycles. The molecule has 2 fully saturated rings. The summed E-state index contributed by atoms with van der Waals surface area (Å²) in [6.07, 6.45) is 4.50. The van der Waals surface area contributed by atoms with Crippen LogP contribution < -0.4 is 10.0 Å². The number of amides is 1. The fourth-order valence-corrected chi connectivity index (χ4v) is 5.68. The van der Waals surface area contributed by atoms with Crippen molar-refractivity contribution in [1.82, 2.24) is 9.97 Å². The quantitative estimate of drug-likeness (QED) is 0.406. The maximum absolute atomic E-state index is 12.7. The van der Waals surface area contributed by atoms with Crippen molar-refractivity contribution in [3.63, 3.8) is 0 Å². The zero-order chi connectivity index (χ0) is 24.8. The van der Waals surface area contributed by atoms with Crippen molar-refractivity contribution in [2.24, 2.45) is 11.3 Å². The summed E-state index contributed by atoms with van der Waals surface area (Å²) < 4.78 is 32.7. The molecule has 1 aromatic carbocycles. The number of H-pyrrole nitrogens is 1. The normalized spacial score (nSPS) is 16.3. The molecule has 0 saturated heterocycles. The highest BCUT2D eigenvalue weighted by Crippen LogP contribution is 2.46. The van der Waals surface area contributed by atoms with E-state index in [1.165, 1.54) is 13.2 Å². The number of rotatable bonds is 8. The van der Waals surface area contributed by atoms with E-state index in [0.717, 1.165) is 18.2 Å². The zero-order valence-electron chi connectivity index (χ0n) is 18.9. The summed E-state index contributed by atoms with van der Waals surface area (Å²) in [5.74, 6) is -0.713.